The molecule has 2 amide bonds. The van der Waals surface area contributed by atoms with Crippen molar-refractivity contribution in [2.75, 3.05) is 39.9 Å². The van der Waals surface area contributed by atoms with Crippen LogP contribution in [0.25, 0.3) is 0 Å². The SMILES string of the molecule is COCCN1CCC[C@]2(CCN(C(=O)c3cc(=O)[nH]o3)C2)C1=O. The first-order valence-electron chi connectivity index (χ1n) is 7.82. The van der Waals surface area contributed by atoms with Gasteiger partial charge < -0.3 is 19.1 Å². The number of methoxy groups -OCH3 is 1. The minimum absolute atomic E-state index is 0.00783. The van der Waals surface area contributed by atoms with Gasteiger partial charge in [-0.05, 0) is 19.3 Å². The van der Waals surface area contributed by atoms with E-state index in [1.54, 1.807) is 12.0 Å². The number of likely N-dealkylation sites (tertiary alicyclic amines) is 2. The number of carbonyl (C=O) groups is 2. The van der Waals surface area contributed by atoms with E-state index in [4.69, 9.17) is 9.26 Å². The Morgan fingerprint density at radius 2 is 2.22 bits per heavy atom. The van der Waals surface area contributed by atoms with Crippen LogP contribution in [0.5, 0.6) is 0 Å². The molecule has 126 valence electrons. The minimum atomic E-state index is -0.502. The molecule has 0 aliphatic carbocycles. The predicted octanol–water partition coefficient (Wildman–Crippen LogP) is 0.0690. The second-order valence-electron chi connectivity index (χ2n) is 6.22. The van der Waals surface area contributed by atoms with Gasteiger partial charge in [-0.2, -0.15) is 5.16 Å². The van der Waals surface area contributed by atoms with Crippen molar-refractivity contribution >= 4 is 11.8 Å². The molecule has 2 fully saturated rings. The van der Waals surface area contributed by atoms with Crippen LogP contribution in [-0.4, -0.2) is 66.7 Å². The van der Waals surface area contributed by atoms with E-state index < -0.39 is 11.0 Å². The van der Waals surface area contributed by atoms with Crippen LogP contribution in [0, 0.1) is 5.41 Å². The molecule has 0 unspecified atom stereocenters. The molecule has 3 heterocycles. The zero-order valence-corrected chi connectivity index (χ0v) is 13.2. The molecule has 0 bridgehead atoms. The molecule has 3 rings (SSSR count). The van der Waals surface area contributed by atoms with Crippen molar-refractivity contribution in [3.63, 3.8) is 0 Å². The van der Waals surface area contributed by atoms with Crippen molar-refractivity contribution in [1.29, 1.82) is 0 Å². The molecule has 1 aromatic rings. The lowest BCUT2D eigenvalue weighted by Gasteiger charge is -2.39. The Labute approximate surface area is 133 Å². The summed E-state index contributed by atoms with van der Waals surface area (Å²) in [6, 6.07) is 1.14. The van der Waals surface area contributed by atoms with Crippen molar-refractivity contribution in [3.8, 4) is 0 Å². The third kappa shape index (κ3) is 2.90. The summed E-state index contributed by atoms with van der Waals surface area (Å²) in [4.78, 5) is 39.7. The van der Waals surface area contributed by atoms with E-state index in [9.17, 15) is 14.4 Å². The van der Waals surface area contributed by atoms with Gasteiger partial charge in [0.25, 0.3) is 11.5 Å². The first-order valence-corrected chi connectivity index (χ1v) is 7.82. The Kier molecular flexibility index (Phi) is 4.25. The lowest BCUT2D eigenvalue weighted by molar-refractivity contribution is -0.146. The number of H-pyrrole nitrogens is 1. The summed E-state index contributed by atoms with van der Waals surface area (Å²) in [6.45, 7) is 2.71. The van der Waals surface area contributed by atoms with Gasteiger partial charge in [-0.3, -0.25) is 14.4 Å². The topological polar surface area (TPSA) is 95.8 Å². The molecule has 0 aromatic carbocycles. The second kappa shape index (κ2) is 6.19. The van der Waals surface area contributed by atoms with Crippen LogP contribution in [-0.2, 0) is 9.53 Å². The summed E-state index contributed by atoms with van der Waals surface area (Å²) >= 11 is 0. The van der Waals surface area contributed by atoms with Gasteiger partial charge >= 0.3 is 0 Å². The molecule has 2 aliphatic rings. The maximum Gasteiger partial charge on any atom is 0.292 e. The van der Waals surface area contributed by atoms with Gasteiger partial charge in [0.1, 0.15) is 0 Å². The van der Waals surface area contributed by atoms with E-state index in [2.05, 4.69) is 5.16 Å². The molecular formula is C15H21N3O5. The highest BCUT2D eigenvalue weighted by atomic mass is 16.5. The standard InChI is InChI=1S/C15H21N3O5/c1-22-8-7-17-5-2-3-15(14(17)21)4-6-18(10-15)13(20)11-9-12(19)16-23-11/h9H,2-8,10H2,1H3,(H,16,19)/t15-/m1/s1. The number of carbonyl (C=O) groups excluding carboxylic acids is 2. The molecule has 8 heteroatoms. The van der Waals surface area contributed by atoms with Gasteiger partial charge in [0.2, 0.25) is 11.7 Å². The van der Waals surface area contributed by atoms with Gasteiger partial charge in [0.05, 0.1) is 18.1 Å². The van der Waals surface area contributed by atoms with Crippen LogP contribution in [0.1, 0.15) is 29.8 Å². The number of aromatic nitrogens is 1. The monoisotopic (exact) mass is 323 g/mol. The second-order valence-corrected chi connectivity index (χ2v) is 6.22. The highest BCUT2D eigenvalue weighted by Gasteiger charge is 2.49. The predicted molar refractivity (Wildman–Crippen MR) is 80.0 cm³/mol. The van der Waals surface area contributed by atoms with Crippen molar-refractivity contribution in [2.24, 2.45) is 5.41 Å². The maximum absolute atomic E-state index is 12.8. The largest absolute Gasteiger partial charge is 0.383 e. The molecule has 0 saturated carbocycles. The molecule has 2 saturated heterocycles. The molecular weight excluding hydrogens is 302 g/mol. The number of hydrogen-bond acceptors (Lipinski definition) is 5. The van der Waals surface area contributed by atoms with Crippen LogP contribution >= 0.6 is 0 Å². The van der Waals surface area contributed by atoms with Crippen molar-refractivity contribution in [3.05, 3.63) is 22.2 Å². The summed E-state index contributed by atoms with van der Waals surface area (Å²) < 4.78 is 9.93. The highest BCUT2D eigenvalue weighted by molar-refractivity contribution is 5.93. The fraction of sp³-hybridized carbons (Fsp3) is 0.667. The zero-order valence-electron chi connectivity index (χ0n) is 13.2. The third-order valence-electron chi connectivity index (χ3n) is 4.77. The first-order chi connectivity index (χ1) is 11.1. The number of aromatic amines is 1. The van der Waals surface area contributed by atoms with Gasteiger partial charge in [0, 0.05) is 33.3 Å². The van der Waals surface area contributed by atoms with E-state index in [1.807, 2.05) is 4.90 Å². The van der Waals surface area contributed by atoms with Crippen LogP contribution in [0.2, 0.25) is 0 Å². The number of hydrogen-bond donors (Lipinski definition) is 1. The molecule has 0 radical (unpaired) electrons. The molecule has 1 atom stereocenters. The lowest BCUT2D eigenvalue weighted by Crippen LogP contribution is -2.51. The smallest absolute Gasteiger partial charge is 0.292 e. The molecule has 23 heavy (non-hydrogen) atoms. The van der Waals surface area contributed by atoms with Gasteiger partial charge in [0.15, 0.2) is 0 Å². The zero-order chi connectivity index (χ0) is 16.4. The summed E-state index contributed by atoms with van der Waals surface area (Å²) in [7, 11) is 1.62. The van der Waals surface area contributed by atoms with E-state index in [0.29, 0.717) is 32.7 Å². The maximum atomic E-state index is 12.8. The van der Waals surface area contributed by atoms with Crippen molar-refractivity contribution in [1.82, 2.24) is 15.0 Å². The van der Waals surface area contributed by atoms with E-state index >= 15 is 0 Å². The summed E-state index contributed by atoms with van der Waals surface area (Å²) in [6.07, 6.45) is 2.36. The number of nitrogens with zero attached hydrogens (tertiary/aromatic N) is 2. The third-order valence-corrected chi connectivity index (χ3v) is 4.77. The Balaban J connectivity index is 1.71. The molecule has 1 spiro atoms. The number of rotatable bonds is 4. The fourth-order valence-electron chi connectivity index (χ4n) is 3.54. The average Bonchev–Trinajstić information content (AvgIpc) is 3.16. The molecule has 1 aromatic heterocycles. The fourth-order valence-corrected chi connectivity index (χ4v) is 3.54. The first kappa shape index (κ1) is 15.8. The molecule has 8 nitrogen and oxygen atoms in total. The van der Waals surface area contributed by atoms with Crippen LogP contribution in [0.15, 0.2) is 15.4 Å². The number of piperidine rings is 1. The molecule has 1 N–H and O–H groups in total. The quantitative estimate of drug-likeness (QED) is 0.846. The molecule has 2 aliphatic heterocycles. The van der Waals surface area contributed by atoms with Gasteiger partial charge in [-0.1, -0.05) is 0 Å². The summed E-state index contributed by atoms with van der Waals surface area (Å²) in [5.74, 6) is -0.250. The van der Waals surface area contributed by atoms with E-state index in [-0.39, 0.29) is 17.6 Å². The van der Waals surface area contributed by atoms with Gasteiger partial charge in [-0.25, -0.2) is 0 Å². The van der Waals surface area contributed by atoms with E-state index in [0.717, 1.165) is 25.5 Å². The lowest BCUT2D eigenvalue weighted by atomic mass is 9.78. The average molecular weight is 323 g/mol. The summed E-state index contributed by atoms with van der Waals surface area (Å²) in [5, 5.41) is 2.12. The minimum Gasteiger partial charge on any atom is -0.383 e. The van der Waals surface area contributed by atoms with Crippen molar-refractivity contribution < 1.29 is 18.8 Å². The normalized spacial score (nSPS) is 24.7. The van der Waals surface area contributed by atoms with Crippen LogP contribution < -0.4 is 5.56 Å². The number of nitrogens with one attached hydrogen (secondary N) is 1. The number of amides is 2. The van der Waals surface area contributed by atoms with Gasteiger partial charge in [-0.15, -0.1) is 0 Å². The van der Waals surface area contributed by atoms with Crippen LogP contribution in [0.4, 0.5) is 0 Å². The Morgan fingerprint density at radius 3 is 2.91 bits per heavy atom. The Hall–Kier alpha value is -2.09. The highest BCUT2D eigenvalue weighted by Crippen LogP contribution is 2.40. The Morgan fingerprint density at radius 1 is 1.39 bits per heavy atom. The van der Waals surface area contributed by atoms with E-state index in [1.165, 1.54) is 0 Å². The summed E-state index contributed by atoms with van der Waals surface area (Å²) in [5.41, 5.74) is -0.945. The Bertz CT molecular complexity index is 652. The van der Waals surface area contributed by atoms with Crippen LogP contribution in [0.3, 0.4) is 0 Å². The number of ether oxygens (including phenoxy) is 1. The van der Waals surface area contributed by atoms with Crippen molar-refractivity contribution in [2.45, 2.75) is 19.3 Å².